The zero-order chi connectivity index (χ0) is 12.5. The molecule has 1 N–H and O–H groups in total. The molecule has 0 radical (unpaired) electrons. The van der Waals surface area contributed by atoms with E-state index in [1.807, 2.05) is 4.68 Å². The Morgan fingerprint density at radius 1 is 1.44 bits per heavy atom. The number of aryl methyl sites for hydroxylation is 1. The summed E-state index contributed by atoms with van der Waals surface area (Å²) in [6.07, 6.45) is 8.82. The van der Waals surface area contributed by atoms with Gasteiger partial charge in [-0.15, -0.1) is 5.10 Å². The molecule has 0 aliphatic heterocycles. The third-order valence-electron chi connectivity index (χ3n) is 4.84. The normalized spacial score (nSPS) is 32.0. The molecule has 0 saturated heterocycles. The molecule has 2 aliphatic rings. The monoisotopic (exact) mass is 249 g/mol. The number of fused-ring (bicyclic) bond motifs is 2. The van der Waals surface area contributed by atoms with Gasteiger partial charge in [0.05, 0.1) is 18.0 Å². The highest BCUT2D eigenvalue weighted by Crippen LogP contribution is 2.50. The lowest BCUT2D eigenvalue weighted by Gasteiger charge is -2.24. The summed E-state index contributed by atoms with van der Waals surface area (Å²) in [6, 6.07) is 0. The second-order valence-corrected chi connectivity index (χ2v) is 6.07. The summed E-state index contributed by atoms with van der Waals surface area (Å²) < 4.78 is 1.86. The van der Waals surface area contributed by atoms with Gasteiger partial charge in [-0.2, -0.15) is 0 Å². The van der Waals surface area contributed by atoms with Crippen LogP contribution in [0.3, 0.4) is 0 Å². The summed E-state index contributed by atoms with van der Waals surface area (Å²) in [6.45, 7) is 2.97. The lowest BCUT2D eigenvalue weighted by atomic mass is 9.84. The molecule has 3 rings (SSSR count). The summed E-state index contributed by atoms with van der Waals surface area (Å²) in [4.78, 5) is 0. The summed E-state index contributed by atoms with van der Waals surface area (Å²) in [5.41, 5.74) is 0.902. The van der Waals surface area contributed by atoms with Crippen molar-refractivity contribution < 1.29 is 5.11 Å². The Morgan fingerprint density at radius 3 is 3.00 bits per heavy atom. The number of aromatic nitrogens is 3. The van der Waals surface area contributed by atoms with Crippen molar-refractivity contribution in [1.82, 2.24) is 15.0 Å². The highest BCUT2D eigenvalue weighted by atomic mass is 16.3. The molecule has 1 aromatic heterocycles. The molecule has 4 atom stereocenters. The Balaban J connectivity index is 1.63. The Bertz CT molecular complexity index is 403. The maximum absolute atomic E-state index is 10.4. The van der Waals surface area contributed by atoms with Gasteiger partial charge in [-0.1, -0.05) is 18.6 Å². The molecule has 0 aromatic carbocycles. The lowest BCUT2D eigenvalue weighted by molar-refractivity contribution is 0.117. The van der Waals surface area contributed by atoms with Crippen molar-refractivity contribution in [3.05, 3.63) is 11.9 Å². The molecule has 0 amide bonds. The minimum atomic E-state index is -0.379. The maximum atomic E-state index is 10.4. The molecular formula is C14H23N3O. The summed E-state index contributed by atoms with van der Waals surface area (Å²) >= 11 is 0. The first-order chi connectivity index (χ1) is 8.78. The number of aliphatic hydroxyl groups excluding tert-OH is 1. The number of hydrogen-bond donors (Lipinski definition) is 1. The van der Waals surface area contributed by atoms with Crippen molar-refractivity contribution in [2.45, 2.75) is 58.1 Å². The maximum Gasteiger partial charge on any atom is 0.0975 e. The van der Waals surface area contributed by atoms with Crippen LogP contribution in [0.5, 0.6) is 0 Å². The SMILES string of the molecule is CCCn1nncc1C(O)CC1CC2CCC1C2. The molecule has 2 saturated carbocycles. The van der Waals surface area contributed by atoms with Crippen LogP contribution < -0.4 is 0 Å². The lowest BCUT2D eigenvalue weighted by Crippen LogP contribution is -2.16. The molecule has 2 fully saturated rings. The summed E-state index contributed by atoms with van der Waals surface area (Å²) in [5.74, 6) is 2.55. The van der Waals surface area contributed by atoms with Crippen LogP contribution in [0.1, 0.15) is 57.2 Å². The molecule has 4 heteroatoms. The fraction of sp³-hybridized carbons (Fsp3) is 0.857. The highest BCUT2D eigenvalue weighted by molar-refractivity contribution is 5.01. The molecule has 100 valence electrons. The zero-order valence-corrected chi connectivity index (χ0v) is 11.1. The average Bonchev–Trinajstić information content (AvgIpc) is 3.04. The Kier molecular flexibility index (Phi) is 3.37. The van der Waals surface area contributed by atoms with E-state index in [4.69, 9.17) is 0 Å². The van der Waals surface area contributed by atoms with Crippen molar-refractivity contribution in [3.8, 4) is 0 Å². The van der Waals surface area contributed by atoms with Crippen molar-refractivity contribution >= 4 is 0 Å². The van der Waals surface area contributed by atoms with Crippen LogP contribution in [0, 0.1) is 17.8 Å². The quantitative estimate of drug-likeness (QED) is 0.872. The van der Waals surface area contributed by atoms with E-state index < -0.39 is 0 Å². The van der Waals surface area contributed by atoms with Gasteiger partial charge >= 0.3 is 0 Å². The van der Waals surface area contributed by atoms with E-state index >= 15 is 0 Å². The van der Waals surface area contributed by atoms with Gasteiger partial charge in [0, 0.05) is 6.54 Å². The average molecular weight is 249 g/mol. The van der Waals surface area contributed by atoms with Crippen LogP contribution in [0.25, 0.3) is 0 Å². The summed E-state index contributed by atoms with van der Waals surface area (Å²) in [5, 5.41) is 18.4. The minimum Gasteiger partial charge on any atom is -0.387 e. The standard InChI is InChI=1S/C14H23N3O/c1-2-5-17-13(9-15-16-17)14(18)8-12-7-10-3-4-11(12)6-10/h9-12,14,18H,2-8H2,1H3. The summed E-state index contributed by atoms with van der Waals surface area (Å²) in [7, 11) is 0. The van der Waals surface area contributed by atoms with Crippen LogP contribution in [-0.2, 0) is 6.54 Å². The minimum absolute atomic E-state index is 0.379. The first-order valence-corrected chi connectivity index (χ1v) is 7.34. The van der Waals surface area contributed by atoms with Crippen LogP contribution >= 0.6 is 0 Å². The van der Waals surface area contributed by atoms with E-state index in [2.05, 4.69) is 17.2 Å². The fourth-order valence-electron chi connectivity index (χ4n) is 3.98. The van der Waals surface area contributed by atoms with Crippen molar-refractivity contribution in [2.75, 3.05) is 0 Å². The van der Waals surface area contributed by atoms with Crippen LogP contribution in [0.4, 0.5) is 0 Å². The number of hydrogen-bond acceptors (Lipinski definition) is 3. The predicted octanol–water partition coefficient (Wildman–Crippen LogP) is 2.55. The van der Waals surface area contributed by atoms with Crippen LogP contribution in [0.2, 0.25) is 0 Å². The molecule has 1 aromatic rings. The van der Waals surface area contributed by atoms with Crippen molar-refractivity contribution in [1.29, 1.82) is 0 Å². The van der Waals surface area contributed by atoms with Gasteiger partial charge in [0.2, 0.25) is 0 Å². The topological polar surface area (TPSA) is 50.9 Å². The van der Waals surface area contributed by atoms with E-state index in [-0.39, 0.29) is 6.10 Å². The van der Waals surface area contributed by atoms with Gasteiger partial charge < -0.3 is 5.11 Å². The van der Waals surface area contributed by atoms with Crippen molar-refractivity contribution in [2.24, 2.45) is 17.8 Å². The molecule has 0 spiro atoms. The highest BCUT2D eigenvalue weighted by Gasteiger charge is 2.40. The molecule has 18 heavy (non-hydrogen) atoms. The van der Waals surface area contributed by atoms with Gasteiger partial charge in [-0.05, 0) is 49.9 Å². The number of rotatable bonds is 5. The third-order valence-corrected chi connectivity index (χ3v) is 4.84. The molecule has 2 bridgehead atoms. The van der Waals surface area contributed by atoms with Crippen LogP contribution in [0.15, 0.2) is 6.20 Å². The van der Waals surface area contributed by atoms with E-state index in [1.165, 1.54) is 25.7 Å². The fourth-order valence-corrected chi connectivity index (χ4v) is 3.98. The third kappa shape index (κ3) is 2.18. The first-order valence-electron chi connectivity index (χ1n) is 7.34. The molecule has 1 heterocycles. The van der Waals surface area contributed by atoms with Gasteiger partial charge in [0.15, 0.2) is 0 Å². The van der Waals surface area contributed by atoms with Gasteiger partial charge in [0.1, 0.15) is 0 Å². The van der Waals surface area contributed by atoms with Gasteiger partial charge in [-0.3, -0.25) is 0 Å². The molecule has 4 unspecified atom stereocenters. The first kappa shape index (κ1) is 12.2. The molecular weight excluding hydrogens is 226 g/mol. The van der Waals surface area contributed by atoms with Crippen molar-refractivity contribution in [3.63, 3.8) is 0 Å². The van der Waals surface area contributed by atoms with Gasteiger partial charge in [-0.25, -0.2) is 4.68 Å². The molecule has 4 nitrogen and oxygen atoms in total. The largest absolute Gasteiger partial charge is 0.387 e. The number of aliphatic hydroxyl groups is 1. The Hall–Kier alpha value is -0.900. The second kappa shape index (κ2) is 5.00. The Morgan fingerprint density at radius 2 is 2.33 bits per heavy atom. The van der Waals surface area contributed by atoms with E-state index in [0.717, 1.165) is 42.8 Å². The van der Waals surface area contributed by atoms with E-state index in [1.54, 1.807) is 6.20 Å². The molecule has 2 aliphatic carbocycles. The second-order valence-electron chi connectivity index (χ2n) is 6.07. The van der Waals surface area contributed by atoms with Gasteiger partial charge in [0.25, 0.3) is 0 Å². The zero-order valence-electron chi connectivity index (χ0n) is 11.1. The predicted molar refractivity (Wildman–Crippen MR) is 68.8 cm³/mol. The number of nitrogens with zero attached hydrogens (tertiary/aromatic N) is 3. The van der Waals surface area contributed by atoms with Crippen LogP contribution in [-0.4, -0.2) is 20.1 Å². The smallest absolute Gasteiger partial charge is 0.0975 e. The van der Waals surface area contributed by atoms with E-state index in [9.17, 15) is 5.11 Å². The van der Waals surface area contributed by atoms with E-state index in [0.29, 0.717) is 0 Å². The Labute approximate surface area is 108 Å².